The van der Waals surface area contributed by atoms with Crippen LogP contribution in [0.15, 0.2) is 170 Å². The van der Waals surface area contributed by atoms with Gasteiger partial charge in [0.05, 0.1) is 25.0 Å². The topological polar surface area (TPSA) is 117 Å². The summed E-state index contributed by atoms with van der Waals surface area (Å²) < 4.78 is 9.82. The van der Waals surface area contributed by atoms with Gasteiger partial charge in [0, 0.05) is 30.5 Å². The lowest BCUT2D eigenvalue weighted by atomic mass is 9.72. The summed E-state index contributed by atoms with van der Waals surface area (Å²) in [6.07, 6.45) is 5.73. The summed E-state index contributed by atoms with van der Waals surface area (Å²) >= 11 is 0. The van der Waals surface area contributed by atoms with Gasteiger partial charge in [0.25, 0.3) is 0 Å². The Kier molecular flexibility index (Phi) is 19.2. The number of likely N-dealkylation sites (tertiary alicyclic amines) is 2. The highest BCUT2D eigenvalue weighted by molar-refractivity contribution is 5.96. The van der Waals surface area contributed by atoms with E-state index >= 15 is 0 Å². The van der Waals surface area contributed by atoms with Crippen LogP contribution in [-0.4, -0.2) is 91.2 Å². The predicted molar refractivity (Wildman–Crippen MR) is 298 cm³/mol. The monoisotopic (exact) mass is 1010 g/mol. The lowest BCUT2D eigenvalue weighted by Crippen LogP contribution is -2.44. The number of carbonyl (C=O) groups excluding carboxylic acids is 3. The Labute approximate surface area is 445 Å². The van der Waals surface area contributed by atoms with Crippen LogP contribution in [0.3, 0.4) is 0 Å². The Morgan fingerprint density at radius 3 is 1.20 bits per heavy atom. The maximum atomic E-state index is 12.8. The van der Waals surface area contributed by atoms with Gasteiger partial charge in [0.2, 0.25) is 0 Å². The van der Waals surface area contributed by atoms with Gasteiger partial charge < -0.3 is 29.5 Å². The number of methoxy groups -OCH3 is 2. The van der Waals surface area contributed by atoms with E-state index in [0.717, 1.165) is 117 Å². The van der Waals surface area contributed by atoms with Crippen molar-refractivity contribution in [3.8, 4) is 11.8 Å². The molecule has 75 heavy (non-hydrogen) atoms. The van der Waals surface area contributed by atoms with Crippen LogP contribution in [0.2, 0.25) is 0 Å². The molecule has 0 aliphatic carbocycles. The van der Waals surface area contributed by atoms with Crippen molar-refractivity contribution in [2.45, 2.75) is 94.7 Å². The van der Waals surface area contributed by atoms with Crippen LogP contribution in [0, 0.1) is 23.7 Å². The zero-order chi connectivity index (χ0) is 53.5. The third kappa shape index (κ3) is 13.4. The van der Waals surface area contributed by atoms with Gasteiger partial charge in [-0.2, -0.15) is 0 Å². The van der Waals surface area contributed by atoms with Gasteiger partial charge in [-0.3, -0.25) is 14.4 Å². The van der Waals surface area contributed by atoms with Gasteiger partial charge in [-0.25, -0.2) is 0 Å². The summed E-state index contributed by atoms with van der Waals surface area (Å²) in [4.78, 5) is 41.7. The van der Waals surface area contributed by atoms with Crippen molar-refractivity contribution in [2.24, 2.45) is 11.8 Å². The molecule has 0 atom stereocenters. The van der Waals surface area contributed by atoms with Crippen LogP contribution in [-0.2, 0) is 41.1 Å². The number of piperidine rings is 2. The van der Waals surface area contributed by atoms with Crippen molar-refractivity contribution in [3.05, 3.63) is 214 Å². The van der Waals surface area contributed by atoms with Crippen molar-refractivity contribution in [1.82, 2.24) is 9.80 Å². The Hall–Kier alpha value is -6.67. The third-order valence-electron chi connectivity index (χ3n) is 15.8. The lowest BCUT2D eigenvalue weighted by Gasteiger charge is -2.42. The molecule has 392 valence electrons. The highest BCUT2D eigenvalue weighted by atomic mass is 16.5. The average molecular weight is 1010 g/mol. The SMILES string of the molecule is COC(=O)C(C)(C)c1ccc(C#CCCN2CCC(C(O)(c3ccccc3)c3ccccc3)CC2)cc1.COC(=O)C(C)(C)c1ccc(C(=O)CCCN2CCC(C(O)(c3ccccc3)c3ccccc3)CC2)cc1. The molecule has 2 heterocycles. The molecule has 0 radical (unpaired) electrons. The van der Waals surface area contributed by atoms with Gasteiger partial charge in [0.15, 0.2) is 5.78 Å². The number of aliphatic hydroxyl groups is 2. The molecule has 0 spiro atoms. The molecule has 0 amide bonds. The number of Topliss-reactive ketones (excluding diaryl/α,β-unsaturated/α-hetero) is 1. The number of ketones is 1. The second kappa shape index (κ2) is 25.7. The highest BCUT2D eigenvalue weighted by Crippen LogP contribution is 2.43. The van der Waals surface area contributed by atoms with E-state index < -0.39 is 22.0 Å². The molecule has 0 bridgehead atoms. The molecule has 0 unspecified atom stereocenters. The van der Waals surface area contributed by atoms with E-state index in [9.17, 15) is 24.6 Å². The first kappa shape index (κ1) is 56.1. The predicted octanol–water partition coefficient (Wildman–Crippen LogP) is 11.3. The number of hydrogen-bond acceptors (Lipinski definition) is 9. The molecule has 2 fully saturated rings. The van der Waals surface area contributed by atoms with Crippen molar-refractivity contribution in [2.75, 3.05) is 53.5 Å². The van der Waals surface area contributed by atoms with Crippen LogP contribution in [0.5, 0.6) is 0 Å². The molecule has 6 aromatic carbocycles. The molecular formula is C66H76N2O7. The Balaban J connectivity index is 0.000000219. The van der Waals surface area contributed by atoms with E-state index in [1.165, 1.54) is 14.2 Å². The smallest absolute Gasteiger partial charge is 0.315 e. The first-order valence-corrected chi connectivity index (χ1v) is 26.6. The number of rotatable bonds is 17. The highest BCUT2D eigenvalue weighted by Gasteiger charge is 2.43. The molecular weight excluding hydrogens is 933 g/mol. The van der Waals surface area contributed by atoms with Crippen molar-refractivity contribution in [1.29, 1.82) is 0 Å². The van der Waals surface area contributed by atoms with E-state index in [1.807, 2.05) is 198 Å². The Bertz CT molecular complexity index is 2730. The molecule has 9 nitrogen and oxygen atoms in total. The number of nitrogens with zero attached hydrogens (tertiary/aromatic N) is 2. The summed E-state index contributed by atoms with van der Waals surface area (Å²) in [7, 11) is 2.80. The molecule has 2 N–H and O–H groups in total. The fourth-order valence-corrected chi connectivity index (χ4v) is 11.0. The summed E-state index contributed by atoms with van der Waals surface area (Å²) in [6, 6.07) is 55.3. The summed E-state index contributed by atoms with van der Waals surface area (Å²) in [5.74, 6) is 6.40. The quantitative estimate of drug-likeness (QED) is 0.0523. The van der Waals surface area contributed by atoms with Crippen LogP contribution in [0.4, 0.5) is 0 Å². The fraction of sp³-hybridized carbons (Fsp3) is 0.379. The second-order valence-corrected chi connectivity index (χ2v) is 21.2. The van der Waals surface area contributed by atoms with Crippen LogP contribution < -0.4 is 0 Å². The first-order valence-electron chi connectivity index (χ1n) is 26.6. The maximum absolute atomic E-state index is 12.8. The summed E-state index contributed by atoms with van der Waals surface area (Å²) in [5.41, 5.74) is 3.74. The number of esters is 2. The van der Waals surface area contributed by atoms with Gasteiger partial charge in [0.1, 0.15) is 11.2 Å². The van der Waals surface area contributed by atoms with E-state index in [4.69, 9.17) is 9.47 Å². The van der Waals surface area contributed by atoms with Crippen molar-refractivity contribution >= 4 is 17.7 Å². The molecule has 2 aliphatic rings. The fourth-order valence-electron chi connectivity index (χ4n) is 11.0. The molecule has 0 saturated carbocycles. The van der Waals surface area contributed by atoms with Crippen LogP contribution in [0.25, 0.3) is 0 Å². The van der Waals surface area contributed by atoms with Gasteiger partial charge in [-0.1, -0.05) is 170 Å². The molecule has 6 aromatic rings. The van der Waals surface area contributed by atoms with E-state index in [1.54, 1.807) is 0 Å². The third-order valence-corrected chi connectivity index (χ3v) is 15.8. The van der Waals surface area contributed by atoms with Gasteiger partial charge >= 0.3 is 11.9 Å². The van der Waals surface area contributed by atoms with E-state index in [-0.39, 0.29) is 29.6 Å². The van der Waals surface area contributed by atoms with Crippen LogP contribution >= 0.6 is 0 Å². The summed E-state index contributed by atoms with van der Waals surface area (Å²) in [5, 5.41) is 24.1. The zero-order valence-corrected chi connectivity index (χ0v) is 44.8. The zero-order valence-electron chi connectivity index (χ0n) is 44.8. The number of carbonyl (C=O) groups is 3. The normalized spacial score (nSPS) is 15.1. The number of hydrogen-bond donors (Lipinski definition) is 2. The van der Waals surface area contributed by atoms with Gasteiger partial charge in [-0.05, 0) is 150 Å². The van der Waals surface area contributed by atoms with E-state index in [0.29, 0.717) is 12.0 Å². The molecule has 0 aromatic heterocycles. The summed E-state index contributed by atoms with van der Waals surface area (Å²) in [6.45, 7) is 12.8. The minimum absolute atomic E-state index is 0.116. The van der Waals surface area contributed by atoms with Gasteiger partial charge in [-0.15, -0.1) is 0 Å². The number of benzene rings is 6. The standard InChI is InChI=1S/C33H39NO4.C33H37NO3/c1-32(2,31(36)38-3)26-18-16-25(17-19-26)30(35)15-10-22-34-23-20-29(21-24-34)33(37,27-11-6-4-7-12-27)28-13-8-5-9-14-28;1-32(2,31(35)37-3)27-19-17-26(18-20-27)12-10-11-23-34-24-21-30(22-25-34)33(36,28-13-6-4-7-14-28)29-15-8-5-9-16-29/h4-9,11-14,16-19,29,37H,10,15,20-24H2,1-3H3;4-9,13-20,30,36H,11,21-25H2,1-3H3. The lowest BCUT2D eigenvalue weighted by molar-refractivity contribution is -0.147. The Morgan fingerprint density at radius 2 is 0.840 bits per heavy atom. The maximum Gasteiger partial charge on any atom is 0.315 e. The first-order chi connectivity index (χ1) is 36.1. The minimum Gasteiger partial charge on any atom is -0.468 e. The average Bonchev–Trinajstić information content (AvgIpc) is 3.47. The van der Waals surface area contributed by atoms with Crippen molar-refractivity contribution in [3.63, 3.8) is 0 Å². The van der Waals surface area contributed by atoms with E-state index in [2.05, 4.69) is 21.6 Å². The minimum atomic E-state index is -1.01. The molecule has 2 saturated heterocycles. The molecule has 2 aliphatic heterocycles. The largest absolute Gasteiger partial charge is 0.468 e. The van der Waals surface area contributed by atoms with Crippen LogP contribution in [0.1, 0.15) is 122 Å². The molecule has 8 rings (SSSR count). The van der Waals surface area contributed by atoms with Crippen molar-refractivity contribution < 1.29 is 34.1 Å². The molecule has 9 heteroatoms. The Morgan fingerprint density at radius 1 is 0.493 bits per heavy atom. The second-order valence-electron chi connectivity index (χ2n) is 21.2. The number of ether oxygens (including phenoxy) is 2.